The van der Waals surface area contributed by atoms with Gasteiger partial charge in [-0.3, -0.25) is 9.59 Å². The Bertz CT molecular complexity index is 495. The molecule has 5 heteroatoms. The van der Waals surface area contributed by atoms with Crippen molar-refractivity contribution in [1.82, 2.24) is 0 Å². The van der Waals surface area contributed by atoms with Crippen LogP contribution in [-0.4, -0.2) is 28.8 Å². The molecule has 110 valence electrons. The monoisotopic (exact) mass is 280 g/mol. The van der Waals surface area contributed by atoms with E-state index in [2.05, 4.69) is 0 Å². The zero-order valence-electron chi connectivity index (χ0n) is 11.9. The van der Waals surface area contributed by atoms with Gasteiger partial charge in [-0.25, -0.2) is 0 Å². The normalized spacial score (nSPS) is 13.6. The molecule has 1 aromatic carbocycles. The Hall–Kier alpha value is -2.04. The molecule has 20 heavy (non-hydrogen) atoms. The standard InChI is InChI=1S/C15H20O5/c1-4-7-20-11-5-6-12(9(2)14(16)17)13(8-11)10(3)15(18)19/h5-6,8-10H,4,7H2,1-3H3,(H,16,17)(H,18,19). The second kappa shape index (κ2) is 6.93. The zero-order chi connectivity index (χ0) is 15.3. The molecule has 1 aromatic rings. The van der Waals surface area contributed by atoms with E-state index in [0.29, 0.717) is 23.5 Å². The van der Waals surface area contributed by atoms with Crippen LogP contribution in [0.2, 0.25) is 0 Å². The second-order valence-electron chi connectivity index (χ2n) is 4.76. The number of ether oxygens (including phenoxy) is 1. The molecule has 0 fully saturated rings. The minimum absolute atomic E-state index is 0.487. The van der Waals surface area contributed by atoms with Crippen LogP contribution in [0.15, 0.2) is 18.2 Å². The van der Waals surface area contributed by atoms with Crippen molar-refractivity contribution in [3.8, 4) is 5.75 Å². The van der Waals surface area contributed by atoms with Gasteiger partial charge in [0.05, 0.1) is 18.4 Å². The minimum atomic E-state index is -0.989. The summed E-state index contributed by atoms with van der Waals surface area (Å²) in [5.74, 6) is -2.94. The zero-order valence-corrected chi connectivity index (χ0v) is 11.9. The number of carbonyl (C=O) groups is 2. The van der Waals surface area contributed by atoms with Crippen molar-refractivity contribution in [3.05, 3.63) is 29.3 Å². The van der Waals surface area contributed by atoms with Gasteiger partial charge in [-0.2, -0.15) is 0 Å². The summed E-state index contributed by atoms with van der Waals surface area (Å²) in [4.78, 5) is 22.3. The van der Waals surface area contributed by atoms with Crippen LogP contribution in [-0.2, 0) is 9.59 Å². The van der Waals surface area contributed by atoms with E-state index in [0.717, 1.165) is 6.42 Å². The Morgan fingerprint density at radius 3 is 2.15 bits per heavy atom. The fraction of sp³-hybridized carbons (Fsp3) is 0.467. The molecule has 0 aliphatic heterocycles. The van der Waals surface area contributed by atoms with Gasteiger partial charge < -0.3 is 14.9 Å². The van der Waals surface area contributed by atoms with Crippen LogP contribution in [0.5, 0.6) is 5.75 Å². The summed E-state index contributed by atoms with van der Waals surface area (Å²) in [6, 6.07) is 4.95. The van der Waals surface area contributed by atoms with Crippen LogP contribution in [0.4, 0.5) is 0 Å². The lowest BCUT2D eigenvalue weighted by atomic mass is 9.89. The number of hydrogen-bond donors (Lipinski definition) is 2. The Morgan fingerprint density at radius 1 is 1.10 bits per heavy atom. The minimum Gasteiger partial charge on any atom is -0.494 e. The van der Waals surface area contributed by atoms with Crippen LogP contribution in [0.1, 0.15) is 50.2 Å². The maximum atomic E-state index is 11.2. The van der Waals surface area contributed by atoms with Gasteiger partial charge in [0.25, 0.3) is 0 Å². The van der Waals surface area contributed by atoms with Crippen molar-refractivity contribution in [3.63, 3.8) is 0 Å². The first-order valence-electron chi connectivity index (χ1n) is 6.60. The second-order valence-corrected chi connectivity index (χ2v) is 4.76. The average Bonchev–Trinajstić information content (AvgIpc) is 2.42. The van der Waals surface area contributed by atoms with Gasteiger partial charge in [-0.05, 0) is 43.5 Å². The molecule has 0 heterocycles. The summed E-state index contributed by atoms with van der Waals surface area (Å²) in [6.45, 7) is 5.60. The fourth-order valence-corrected chi connectivity index (χ4v) is 1.90. The van der Waals surface area contributed by atoms with Crippen LogP contribution >= 0.6 is 0 Å². The molecule has 0 saturated heterocycles. The Balaban J connectivity index is 3.22. The molecule has 0 aliphatic rings. The highest BCUT2D eigenvalue weighted by atomic mass is 16.5. The van der Waals surface area contributed by atoms with E-state index in [4.69, 9.17) is 14.9 Å². The van der Waals surface area contributed by atoms with Crippen molar-refractivity contribution in [2.75, 3.05) is 6.61 Å². The molecule has 0 saturated carbocycles. The molecule has 2 atom stereocenters. The topological polar surface area (TPSA) is 83.8 Å². The van der Waals surface area contributed by atoms with Crippen LogP contribution in [0.3, 0.4) is 0 Å². The smallest absolute Gasteiger partial charge is 0.310 e. The third kappa shape index (κ3) is 3.73. The van der Waals surface area contributed by atoms with Gasteiger partial charge in [0, 0.05) is 0 Å². The molecule has 1 rings (SSSR count). The van der Waals surface area contributed by atoms with Gasteiger partial charge in [0.1, 0.15) is 5.75 Å². The lowest BCUT2D eigenvalue weighted by molar-refractivity contribution is -0.140. The van der Waals surface area contributed by atoms with E-state index in [9.17, 15) is 9.59 Å². The number of carboxylic acid groups (broad SMARTS) is 2. The number of hydrogen-bond acceptors (Lipinski definition) is 3. The van der Waals surface area contributed by atoms with Crippen molar-refractivity contribution >= 4 is 11.9 Å². The van der Waals surface area contributed by atoms with Crippen molar-refractivity contribution in [2.45, 2.75) is 39.0 Å². The van der Waals surface area contributed by atoms with E-state index < -0.39 is 23.8 Å². The molecule has 0 amide bonds. The molecular weight excluding hydrogens is 260 g/mol. The lowest BCUT2D eigenvalue weighted by Crippen LogP contribution is -2.15. The highest BCUT2D eigenvalue weighted by molar-refractivity contribution is 5.80. The third-order valence-corrected chi connectivity index (χ3v) is 3.20. The maximum absolute atomic E-state index is 11.2. The summed E-state index contributed by atoms with van der Waals surface area (Å²) >= 11 is 0. The molecule has 0 aliphatic carbocycles. The highest BCUT2D eigenvalue weighted by Gasteiger charge is 2.24. The predicted octanol–water partition coefficient (Wildman–Crippen LogP) is 2.85. The number of carboxylic acids is 2. The third-order valence-electron chi connectivity index (χ3n) is 3.20. The molecule has 0 radical (unpaired) electrons. The maximum Gasteiger partial charge on any atom is 0.310 e. The number of aliphatic carboxylic acids is 2. The average molecular weight is 280 g/mol. The van der Waals surface area contributed by atoms with Crippen molar-refractivity contribution < 1.29 is 24.5 Å². The first-order valence-corrected chi connectivity index (χ1v) is 6.60. The van der Waals surface area contributed by atoms with Crippen molar-refractivity contribution in [2.24, 2.45) is 0 Å². The summed E-state index contributed by atoms with van der Waals surface area (Å²) in [7, 11) is 0. The Morgan fingerprint density at radius 2 is 1.65 bits per heavy atom. The highest BCUT2D eigenvalue weighted by Crippen LogP contribution is 2.30. The largest absolute Gasteiger partial charge is 0.494 e. The fourth-order valence-electron chi connectivity index (χ4n) is 1.90. The van der Waals surface area contributed by atoms with Gasteiger partial charge in [-0.15, -0.1) is 0 Å². The van der Waals surface area contributed by atoms with Crippen LogP contribution in [0.25, 0.3) is 0 Å². The van der Waals surface area contributed by atoms with Crippen LogP contribution in [0, 0.1) is 0 Å². The van der Waals surface area contributed by atoms with Gasteiger partial charge in [0.2, 0.25) is 0 Å². The van der Waals surface area contributed by atoms with Gasteiger partial charge in [0.15, 0.2) is 0 Å². The quantitative estimate of drug-likeness (QED) is 0.802. The lowest BCUT2D eigenvalue weighted by Gasteiger charge is -2.18. The van der Waals surface area contributed by atoms with E-state index in [-0.39, 0.29) is 0 Å². The Labute approximate surface area is 118 Å². The van der Waals surface area contributed by atoms with Gasteiger partial charge in [-0.1, -0.05) is 13.0 Å². The van der Waals surface area contributed by atoms with E-state index >= 15 is 0 Å². The van der Waals surface area contributed by atoms with Crippen LogP contribution < -0.4 is 4.74 Å². The molecule has 2 N–H and O–H groups in total. The first kappa shape index (κ1) is 16.0. The molecule has 0 bridgehead atoms. The molecular formula is C15H20O5. The summed E-state index contributed by atoms with van der Waals surface area (Å²) in [5.41, 5.74) is 0.997. The van der Waals surface area contributed by atoms with Crippen molar-refractivity contribution in [1.29, 1.82) is 0 Å². The van der Waals surface area contributed by atoms with E-state index in [1.54, 1.807) is 32.0 Å². The number of rotatable bonds is 7. The first-order chi connectivity index (χ1) is 9.38. The summed E-state index contributed by atoms with van der Waals surface area (Å²) in [5, 5.41) is 18.3. The van der Waals surface area contributed by atoms with E-state index in [1.165, 1.54) is 0 Å². The Kier molecular flexibility index (Phi) is 5.55. The number of benzene rings is 1. The molecule has 5 nitrogen and oxygen atoms in total. The summed E-state index contributed by atoms with van der Waals surface area (Å²) in [6.07, 6.45) is 0.844. The predicted molar refractivity (Wildman–Crippen MR) is 74.3 cm³/mol. The molecule has 2 unspecified atom stereocenters. The summed E-state index contributed by atoms with van der Waals surface area (Å²) < 4.78 is 5.48. The SMILES string of the molecule is CCCOc1ccc(C(C)C(=O)O)c(C(C)C(=O)O)c1. The molecule has 0 aromatic heterocycles. The molecule has 0 spiro atoms. The van der Waals surface area contributed by atoms with E-state index in [1.807, 2.05) is 6.92 Å². The van der Waals surface area contributed by atoms with Gasteiger partial charge >= 0.3 is 11.9 Å².